The first kappa shape index (κ1) is 10.3. The molecule has 0 fully saturated rings. The normalized spacial score (nSPS) is 12.5. The highest BCUT2D eigenvalue weighted by molar-refractivity contribution is 7.11. The van der Waals surface area contributed by atoms with Crippen molar-refractivity contribution in [1.29, 1.82) is 0 Å². The number of carbonyl (C=O) groups is 1. The summed E-state index contributed by atoms with van der Waals surface area (Å²) in [4.78, 5) is 12.0. The third-order valence-corrected chi connectivity index (χ3v) is 2.77. The average Bonchev–Trinajstić information content (AvgIpc) is 2.66. The van der Waals surface area contributed by atoms with Gasteiger partial charge in [0, 0.05) is 0 Å². The molecule has 1 atom stereocenters. The van der Waals surface area contributed by atoms with Gasteiger partial charge in [0.2, 0.25) is 0 Å². The Morgan fingerprint density at radius 3 is 3.00 bits per heavy atom. The lowest BCUT2D eigenvalue weighted by Gasteiger charge is -2.08. The lowest BCUT2D eigenvalue weighted by atomic mass is 10.1. The van der Waals surface area contributed by atoms with Crippen LogP contribution in [-0.2, 0) is 4.74 Å². The number of ether oxygens (including phenoxy) is 1. The van der Waals surface area contributed by atoms with Crippen molar-refractivity contribution < 1.29 is 9.53 Å². The van der Waals surface area contributed by atoms with Gasteiger partial charge in [-0.05, 0) is 17.4 Å². The van der Waals surface area contributed by atoms with Crippen LogP contribution < -0.4 is 0 Å². The van der Waals surface area contributed by atoms with Gasteiger partial charge in [0.05, 0.1) is 6.61 Å². The second-order valence-corrected chi connectivity index (χ2v) is 4.04. The molecule has 0 aromatic carbocycles. The Labute approximate surface area is 82.5 Å². The van der Waals surface area contributed by atoms with Crippen LogP contribution in [0.5, 0.6) is 0 Å². The Kier molecular flexibility index (Phi) is 3.96. The summed E-state index contributed by atoms with van der Waals surface area (Å²) < 4.78 is 5.11. The Hall–Kier alpha value is -0.830. The zero-order valence-electron chi connectivity index (χ0n) is 7.95. The molecule has 0 spiro atoms. The molecule has 13 heavy (non-hydrogen) atoms. The summed E-state index contributed by atoms with van der Waals surface area (Å²) >= 11 is 1.42. The van der Waals surface area contributed by atoms with Crippen molar-refractivity contribution in [3.05, 3.63) is 22.4 Å². The smallest absolute Gasteiger partial charge is 0.348 e. The number of rotatable bonds is 4. The maximum absolute atomic E-state index is 11.3. The van der Waals surface area contributed by atoms with E-state index >= 15 is 0 Å². The van der Waals surface area contributed by atoms with Crippen molar-refractivity contribution in [3.8, 4) is 0 Å². The van der Waals surface area contributed by atoms with Crippen LogP contribution in [0.3, 0.4) is 0 Å². The van der Waals surface area contributed by atoms with Crippen LogP contribution in [0.25, 0.3) is 0 Å². The quantitative estimate of drug-likeness (QED) is 0.695. The van der Waals surface area contributed by atoms with Crippen molar-refractivity contribution in [2.24, 2.45) is 5.92 Å². The van der Waals surface area contributed by atoms with Gasteiger partial charge in [-0.2, -0.15) is 0 Å². The molecule has 1 aromatic rings. The molecule has 0 saturated heterocycles. The molecule has 0 radical (unpaired) electrons. The molecule has 0 aliphatic carbocycles. The molecule has 0 saturated carbocycles. The zero-order valence-corrected chi connectivity index (χ0v) is 8.76. The minimum atomic E-state index is -0.199. The van der Waals surface area contributed by atoms with Crippen LogP contribution in [0.15, 0.2) is 17.5 Å². The standard InChI is InChI=1S/C10H14O2S/c1-3-8(2)7-12-10(11)9-5-4-6-13-9/h4-6,8H,3,7H2,1-2H3. The molecule has 1 unspecified atom stereocenters. The number of hydrogen-bond donors (Lipinski definition) is 0. The summed E-state index contributed by atoms with van der Waals surface area (Å²) in [5, 5.41) is 1.87. The molecule has 0 N–H and O–H groups in total. The van der Waals surface area contributed by atoms with E-state index in [2.05, 4.69) is 13.8 Å². The molecule has 1 rings (SSSR count). The van der Waals surface area contributed by atoms with Gasteiger partial charge in [-0.15, -0.1) is 11.3 Å². The Balaban J connectivity index is 2.35. The molecular weight excluding hydrogens is 184 g/mol. The number of thiophene rings is 1. The monoisotopic (exact) mass is 198 g/mol. The van der Waals surface area contributed by atoms with Gasteiger partial charge in [0.25, 0.3) is 0 Å². The van der Waals surface area contributed by atoms with Gasteiger partial charge in [0.15, 0.2) is 0 Å². The highest BCUT2D eigenvalue weighted by Crippen LogP contribution is 2.11. The molecule has 0 aliphatic rings. The fourth-order valence-corrected chi connectivity index (χ4v) is 1.42. The fourth-order valence-electron chi connectivity index (χ4n) is 0.802. The summed E-state index contributed by atoms with van der Waals surface area (Å²) in [5.74, 6) is 0.249. The minimum Gasteiger partial charge on any atom is -0.461 e. The Bertz CT molecular complexity index is 254. The third-order valence-electron chi connectivity index (χ3n) is 1.92. The van der Waals surface area contributed by atoms with Crippen molar-refractivity contribution in [1.82, 2.24) is 0 Å². The third kappa shape index (κ3) is 3.19. The summed E-state index contributed by atoms with van der Waals surface area (Å²) in [5.41, 5.74) is 0. The van der Waals surface area contributed by atoms with Gasteiger partial charge < -0.3 is 4.74 Å². The number of esters is 1. The highest BCUT2D eigenvalue weighted by Gasteiger charge is 2.08. The maximum Gasteiger partial charge on any atom is 0.348 e. The second-order valence-electron chi connectivity index (χ2n) is 3.09. The van der Waals surface area contributed by atoms with E-state index in [1.54, 1.807) is 6.07 Å². The van der Waals surface area contributed by atoms with E-state index < -0.39 is 0 Å². The van der Waals surface area contributed by atoms with Crippen molar-refractivity contribution >= 4 is 17.3 Å². The van der Waals surface area contributed by atoms with Gasteiger partial charge in [0.1, 0.15) is 4.88 Å². The molecule has 1 aromatic heterocycles. The molecular formula is C10H14O2S. The lowest BCUT2D eigenvalue weighted by molar-refractivity contribution is 0.0453. The second kappa shape index (κ2) is 5.02. The molecule has 1 heterocycles. The molecule has 2 nitrogen and oxygen atoms in total. The van der Waals surface area contributed by atoms with E-state index in [0.29, 0.717) is 17.4 Å². The number of hydrogen-bond acceptors (Lipinski definition) is 3. The van der Waals surface area contributed by atoms with Gasteiger partial charge in [-0.25, -0.2) is 4.79 Å². The molecule has 3 heteroatoms. The predicted molar refractivity (Wildman–Crippen MR) is 54.1 cm³/mol. The van der Waals surface area contributed by atoms with Crippen LogP contribution in [0.4, 0.5) is 0 Å². The van der Waals surface area contributed by atoms with Gasteiger partial charge in [-0.1, -0.05) is 26.3 Å². The van der Waals surface area contributed by atoms with Crippen molar-refractivity contribution in [2.45, 2.75) is 20.3 Å². The van der Waals surface area contributed by atoms with Crippen LogP contribution in [0.1, 0.15) is 29.9 Å². The van der Waals surface area contributed by atoms with E-state index in [1.165, 1.54) is 11.3 Å². The highest BCUT2D eigenvalue weighted by atomic mass is 32.1. The zero-order chi connectivity index (χ0) is 9.68. The first-order chi connectivity index (χ1) is 6.24. The number of carbonyl (C=O) groups excluding carboxylic acids is 1. The fraction of sp³-hybridized carbons (Fsp3) is 0.500. The first-order valence-electron chi connectivity index (χ1n) is 4.44. The summed E-state index contributed by atoms with van der Waals surface area (Å²) in [6, 6.07) is 3.63. The van der Waals surface area contributed by atoms with Crippen molar-refractivity contribution in [2.75, 3.05) is 6.61 Å². The lowest BCUT2D eigenvalue weighted by Crippen LogP contribution is -2.10. The molecule has 0 aliphatic heterocycles. The van der Waals surface area contributed by atoms with Gasteiger partial charge in [-0.3, -0.25) is 0 Å². The van der Waals surface area contributed by atoms with Crippen LogP contribution in [0.2, 0.25) is 0 Å². The topological polar surface area (TPSA) is 26.3 Å². The van der Waals surface area contributed by atoms with Crippen LogP contribution >= 0.6 is 11.3 Å². The largest absolute Gasteiger partial charge is 0.461 e. The summed E-state index contributed by atoms with van der Waals surface area (Å²) in [7, 11) is 0. The molecule has 72 valence electrons. The van der Waals surface area contributed by atoms with E-state index in [9.17, 15) is 4.79 Å². The van der Waals surface area contributed by atoms with E-state index in [1.807, 2.05) is 11.4 Å². The first-order valence-corrected chi connectivity index (χ1v) is 5.32. The summed E-state index contributed by atoms with van der Waals surface area (Å²) in [6.45, 7) is 4.68. The molecule has 0 amide bonds. The Morgan fingerprint density at radius 2 is 2.46 bits per heavy atom. The van der Waals surface area contributed by atoms with E-state index in [4.69, 9.17) is 4.74 Å². The predicted octanol–water partition coefficient (Wildman–Crippen LogP) is 2.95. The van der Waals surface area contributed by atoms with Crippen LogP contribution in [-0.4, -0.2) is 12.6 Å². The van der Waals surface area contributed by atoms with E-state index in [-0.39, 0.29) is 5.97 Å². The van der Waals surface area contributed by atoms with Crippen LogP contribution in [0, 0.1) is 5.92 Å². The van der Waals surface area contributed by atoms with E-state index in [0.717, 1.165) is 6.42 Å². The maximum atomic E-state index is 11.3. The van der Waals surface area contributed by atoms with Gasteiger partial charge >= 0.3 is 5.97 Å². The molecule has 0 bridgehead atoms. The SMILES string of the molecule is CCC(C)COC(=O)c1cccs1. The Morgan fingerprint density at radius 1 is 1.69 bits per heavy atom. The average molecular weight is 198 g/mol. The van der Waals surface area contributed by atoms with Crippen molar-refractivity contribution in [3.63, 3.8) is 0 Å². The minimum absolute atomic E-state index is 0.199. The summed E-state index contributed by atoms with van der Waals surface area (Å²) in [6.07, 6.45) is 1.04.